The molecule has 1 N–H and O–H groups in total. The average Bonchev–Trinajstić information content (AvgIpc) is 2.79. The molecule has 1 amide bonds. The second-order valence-electron chi connectivity index (χ2n) is 8.35. The normalized spacial score (nSPS) is 12.6. The standard InChI is InChI=1S/C24H23ClF3N5O2.ClH/c1-31(2)33-22(34)17-13-32(23(35)21-18(27)11-16(26)12-19(21)28)10-8-20(17)30-24(33)29-9-7-14-3-5-15(25)6-4-14;/h3-6,11-12H,7-10,13H2,1-2H3,(H,29,30);1H. The molecule has 0 saturated carbocycles. The molecular formula is C24H24Cl2F3N5O2. The second kappa shape index (κ2) is 11.2. The first-order chi connectivity index (χ1) is 16.7. The first-order valence-electron chi connectivity index (χ1n) is 10.9. The summed E-state index contributed by atoms with van der Waals surface area (Å²) in [6, 6.07) is 8.36. The number of nitrogens with zero attached hydrogens (tertiary/aromatic N) is 4. The van der Waals surface area contributed by atoms with Gasteiger partial charge in [0.1, 0.15) is 23.0 Å². The summed E-state index contributed by atoms with van der Waals surface area (Å²) in [6.07, 6.45) is 0.898. The number of benzene rings is 2. The van der Waals surface area contributed by atoms with E-state index in [-0.39, 0.29) is 37.5 Å². The number of carbonyl (C=O) groups is 1. The summed E-state index contributed by atoms with van der Waals surface area (Å²) in [7, 11) is 3.35. The van der Waals surface area contributed by atoms with Crippen molar-refractivity contribution in [3.8, 4) is 0 Å². The number of aromatic nitrogens is 2. The number of rotatable bonds is 6. The van der Waals surface area contributed by atoms with Crippen LogP contribution in [0.15, 0.2) is 41.2 Å². The van der Waals surface area contributed by atoms with Crippen LogP contribution in [0, 0.1) is 17.5 Å². The van der Waals surface area contributed by atoms with Crippen LogP contribution >= 0.6 is 24.0 Å². The Kier molecular flexibility index (Phi) is 8.52. The van der Waals surface area contributed by atoms with Gasteiger partial charge < -0.3 is 15.2 Å². The molecule has 0 unspecified atom stereocenters. The van der Waals surface area contributed by atoms with Crippen molar-refractivity contribution in [2.24, 2.45) is 0 Å². The Balaban J connectivity index is 0.00000361. The number of nitrogens with one attached hydrogen (secondary N) is 1. The molecule has 192 valence electrons. The molecule has 1 aliphatic rings. The quantitative estimate of drug-likeness (QED) is 0.514. The summed E-state index contributed by atoms with van der Waals surface area (Å²) in [6.45, 7) is 0.439. The minimum absolute atomic E-state index is 0. The second-order valence-corrected chi connectivity index (χ2v) is 8.79. The molecule has 0 radical (unpaired) electrons. The summed E-state index contributed by atoms with van der Waals surface area (Å²) in [4.78, 5) is 31.9. The Morgan fingerprint density at radius 1 is 1.14 bits per heavy atom. The van der Waals surface area contributed by atoms with Gasteiger partial charge in [-0.1, -0.05) is 23.7 Å². The highest BCUT2D eigenvalue weighted by atomic mass is 35.5. The number of fused-ring (bicyclic) bond motifs is 1. The molecule has 0 saturated heterocycles. The van der Waals surface area contributed by atoms with Gasteiger partial charge in [0.05, 0.1) is 17.8 Å². The maximum Gasteiger partial charge on any atom is 0.278 e. The van der Waals surface area contributed by atoms with Crippen LogP contribution in [0.5, 0.6) is 0 Å². The Hall–Kier alpha value is -3.24. The zero-order valence-corrected chi connectivity index (χ0v) is 21.1. The number of amides is 1. The lowest BCUT2D eigenvalue weighted by atomic mass is 10.0. The molecule has 4 rings (SSSR count). The molecule has 0 aliphatic carbocycles. The molecular weight excluding hydrogens is 518 g/mol. The van der Waals surface area contributed by atoms with Gasteiger partial charge in [-0.2, -0.15) is 4.68 Å². The third-order valence-electron chi connectivity index (χ3n) is 5.73. The molecule has 0 fully saturated rings. The molecule has 2 heterocycles. The van der Waals surface area contributed by atoms with Crippen LogP contribution in [-0.4, -0.2) is 47.7 Å². The predicted octanol–water partition coefficient (Wildman–Crippen LogP) is 3.79. The Morgan fingerprint density at radius 2 is 1.78 bits per heavy atom. The van der Waals surface area contributed by atoms with Crippen molar-refractivity contribution in [3.63, 3.8) is 0 Å². The Bertz CT molecular complexity index is 1310. The van der Waals surface area contributed by atoms with E-state index in [1.54, 1.807) is 31.2 Å². The fourth-order valence-corrected chi connectivity index (χ4v) is 4.13. The molecule has 2 aromatic carbocycles. The van der Waals surface area contributed by atoms with Gasteiger partial charge >= 0.3 is 0 Å². The molecule has 1 aromatic heterocycles. The Morgan fingerprint density at radius 3 is 2.39 bits per heavy atom. The maximum atomic E-state index is 14.1. The lowest BCUT2D eigenvalue weighted by Gasteiger charge is -2.30. The number of halogens is 5. The number of anilines is 1. The van der Waals surface area contributed by atoms with E-state index in [9.17, 15) is 22.8 Å². The van der Waals surface area contributed by atoms with Crippen LogP contribution < -0.4 is 15.9 Å². The van der Waals surface area contributed by atoms with Gasteiger partial charge in [0.2, 0.25) is 5.95 Å². The van der Waals surface area contributed by atoms with Gasteiger partial charge in [-0.25, -0.2) is 18.2 Å². The zero-order valence-electron chi connectivity index (χ0n) is 19.5. The molecule has 0 bridgehead atoms. The monoisotopic (exact) mass is 541 g/mol. The topological polar surface area (TPSA) is 70.5 Å². The van der Waals surface area contributed by atoms with Gasteiger partial charge in [0.25, 0.3) is 11.5 Å². The van der Waals surface area contributed by atoms with Gasteiger partial charge in [0, 0.05) is 50.8 Å². The lowest BCUT2D eigenvalue weighted by Crippen LogP contribution is -2.45. The minimum Gasteiger partial charge on any atom is -0.354 e. The molecule has 0 atom stereocenters. The summed E-state index contributed by atoms with van der Waals surface area (Å²) in [5.74, 6) is -4.30. The van der Waals surface area contributed by atoms with Crippen molar-refractivity contribution >= 4 is 35.9 Å². The van der Waals surface area contributed by atoms with E-state index in [1.807, 2.05) is 12.1 Å². The molecule has 36 heavy (non-hydrogen) atoms. The molecule has 0 spiro atoms. The largest absolute Gasteiger partial charge is 0.354 e. The van der Waals surface area contributed by atoms with Crippen molar-refractivity contribution in [3.05, 3.63) is 91.6 Å². The number of carbonyl (C=O) groups excluding carboxylic acids is 1. The SMILES string of the molecule is CN(C)n1c(NCCc2ccc(Cl)cc2)nc2c(c1=O)CN(C(=O)c1c(F)cc(F)cc1F)CC2.Cl. The predicted molar refractivity (Wildman–Crippen MR) is 134 cm³/mol. The van der Waals surface area contributed by atoms with Crippen molar-refractivity contribution in [1.29, 1.82) is 0 Å². The third kappa shape index (κ3) is 5.60. The highest BCUT2D eigenvalue weighted by molar-refractivity contribution is 6.30. The fraction of sp³-hybridized carbons (Fsp3) is 0.292. The zero-order chi connectivity index (χ0) is 25.3. The van der Waals surface area contributed by atoms with Gasteiger partial charge in [-0.15, -0.1) is 12.4 Å². The number of hydrogen-bond acceptors (Lipinski definition) is 5. The van der Waals surface area contributed by atoms with E-state index in [1.165, 1.54) is 9.58 Å². The highest BCUT2D eigenvalue weighted by Crippen LogP contribution is 2.22. The third-order valence-corrected chi connectivity index (χ3v) is 5.98. The van der Waals surface area contributed by atoms with Crippen LogP contribution in [0.25, 0.3) is 0 Å². The van der Waals surface area contributed by atoms with Gasteiger partial charge in [0.15, 0.2) is 0 Å². The van der Waals surface area contributed by atoms with Crippen molar-refractivity contribution in [2.75, 3.05) is 37.5 Å². The van der Waals surface area contributed by atoms with Crippen LogP contribution in [0.4, 0.5) is 19.1 Å². The Labute approximate surface area is 216 Å². The molecule has 7 nitrogen and oxygen atoms in total. The highest BCUT2D eigenvalue weighted by Gasteiger charge is 2.30. The molecule has 12 heteroatoms. The summed E-state index contributed by atoms with van der Waals surface area (Å²) in [5.41, 5.74) is 0.575. The first-order valence-corrected chi connectivity index (χ1v) is 11.3. The van der Waals surface area contributed by atoms with Crippen LogP contribution in [0.1, 0.15) is 27.2 Å². The average molecular weight is 542 g/mol. The van der Waals surface area contributed by atoms with Crippen LogP contribution in [0.3, 0.4) is 0 Å². The van der Waals surface area contributed by atoms with Gasteiger partial charge in [-0.3, -0.25) is 9.59 Å². The van der Waals surface area contributed by atoms with E-state index in [0.29, 0.717) is 41.8 Å². The van der Waals surface area contributed by atoms with E-state index >= 15 is 0 Å². The summed E-state index contributed by atoms with van der Waals surface area (Å²) < 4.78 is 42.9. The van der Waals surface area contributed by atoms with E-state index in [0.717, 1.165) is 5.56 Å². The summed E-state index contributed by atoms with van der Waals surface area (Å²) >= 11 is 5.92. The van der Waals surface area contributed by atoms with E-state index in [2.05, 4.69) is 10.3 Å². The lowest BCUT2D eigenvalue weighted by molar-refractivity contribution is 0.0722. The van der Waals surface area contributed by atoms with Crippen molar-refractivity contribution in [1.82, 2.24) is 14.6 Å². The van der Waals surface area contributed by atoms with Crippen molar-refractivity contribution in [2.45, 2.75) is 19.4 Å². The smallest absolute Gasteiger partial charge is 0.278 e. The molecule has 1 aliphatic heterocycles. The van der Waals surface area contributed by atoms with Crippen LogP contribution in [0.2, 0.25) is 5.02 Å². The van der Waals surface area contributed by atoms with E-state index < -0.39 is 34.5 Å². The van der Waals surface area contributed by atoms with E-state index in [4.69, 9.17) is 11.6 Å². The molecule has 3 aromatic rings. The van der Waals surface area contributed by atoms with Crippen LogP contribution in [-0.2, 0) is 19.4 Å². The first kappa shape index (κ1) is 27.3. The van der Waals surface area contributed by atoms with Gasteiger partial charge in [-0.05, 0) is 24.1 Å². The maximum absolute atomic E-state index is 14.1. The number of hydrogen-bond donors (Lipinski definition) is 1. The fourth-order valence-electron chi connectivity index (χ4n) is 4.00. The van der Waals surface area contributed by atoms with Crippen molar-refractivity contribution < 1.29 is 18.0 Å². The minimum atomic E-state index is -1.29. The summed E-state index contributed by atoms with van der Waals surface area (Å²) in [5, 5.41) is 5.40.